The Morgan fingerprint density at radius 3 is 2.53 bits per heavy atom. The van der Waals surface area contributed by atoms with Crippen LogP contribution in [0.1, 0.15) is 42.1 Å². The Kier molecular flexibility index (Phi) is 3.25. The normalized spacial score (nSPS) is 11.6. The Hall–Kier alpha value is -1.28. The number of nitrogens with two attached hydrogens (primary N) is 1. The van der Waals surface area contributed by atoms with E-state index in [2.05, 4.69) is 44.8 Å². The molecule has 0 spiro atoms. The minimum atomic E-state index is 0.517. The van der Waals surface area contributed by atoms with Gasteiger partial charge in [-0.05, 0) is 55.5 Å². The highest BCUT2D eigenvalue weighted by molar-refractivity contribution is 5.88. The number of hydrogen-bond acceptors (Lipinski definition) is 1. The van der Waals surface area contributed by atoms with E-state index in [9.17, 15) is 0 Å². The molecule has 0 aliphatic rings. The zero-order chi connectivity index (χ0) is 12.6. The maximum Gasteiger partial charge on any atom is 0.0464 e. The molecule has 1 aromatic heterocycles. The van der Waals surface area contributed by atoms with Crippen molar-refractivity contribution in [3.05, 3.63) is 34.5 Å². The molecule has 17 heavy (non-hydrogen) atoms. The lowest BCUT2D eigenvalue weighted by Crippen LogP contribution is -2.05. The summed E-state index contributed by atoms with van der Waals surface area (Å²) in [5, 5.41) is 1.38. The molecule has 0 radical (unpaired) electrons. The first-order chi connectivity index (χ1) is 8.04. The van der Waals surface area contributed by atoms with E-state index in [-0.39, 0.29) is 0 Å². The SMILES string of the molecule is Cc1cc(C)c2c(CCN)c(C(C)C)[nH]c2c1. The Labute approximate surface area is 103 Å². The van der Waals surface area contributed by atoms with Crippen LogP contribution in [0.3, 0.4) is 0 Å². The van der Waals surface area contributed by atoms with E-state index in [4.69, 9.17) is 5.73 Å². The highest BCUT2D eigenvalue weighted by Gasteiger charge is 2.15. The molecule has 0 aliphatic heterocycles. The third-order valence-corrected chi connectivity index (χ3v) is 3.35. The summed E-state index contributed by atoms with van der Waals surface area (Å²) in [6.07, 6.45) is 0.956. The van der Waals surface area contributed by atoms with Gasteiger partial charge >= 0.3 is 0 Å². The van der Waals surface area contributed by atoms with Crippen molar-refractivity contribution in [2.45, 2.75) is 40.0 Å². The lowest BCUT2D eigenvalue weighted by molar-refractivity contribution is 0.809. The smallest absolute Gasteiger partial charge is 0.0464 e. The summed E-state index contributed by atoms with van der Waals surface area (Å²) < 4.78 is 0. The van der Waals surface area contributed by atoms with E-state index in [1.54, 1.807) is 0 Å². The van der Waals surface area contributed by atoms with Gasteiger partial charge in [0.1, 0.15) is 0 Å². The van der Waals surface area contributed by atoms with E-state index < -0.39 is 0 Å². The average molecular weight is 230 g/mol. The van der Waals surface area contributed by atoms with Gasteiger partial charge in [-0.3, -0.25) is 0 Å². The first-order valence-corrected chi connectivity index (χ1v) is 6.36. The van der Waals surface area contributed by atoms with Crippen LogP contribution in [0.4, 0.5) is 0 Å². The molecule has 1 aromatic carbocycles. The van der Waals surface area contributed by atoms with Crippen LogP contribution < -0.4 is 5.73 Å². The molecule has 2 nitrogen and oxygen atoms in total. The van der Waals surface area contributed by atoms with Gasteiger partial charge in [0.25, 0.3) is 0 Å². The van der Waals surface area contributed by atoms with Crippen LogP contribution in [0.15, 0.2) is 12.1 Å². The third kappa shape index (κ3) is 2.09. The third-order valence-electron chi connectivity index (χ3n) is 3.35. The van der Waals surface area contributed by atoms with Crippen LogP contribution in [-0.4, -0.2) is 11.5 Å². The molecule has 3 N–H and O–H groups in total. The Bertz CT molecular complexity index is 535. The molecule has 1 heterocycles. The van der Waals surface area contributed by atoms with Gasteiger partial charge in [0.15, 0.2) is 0 Å². The number of aromatic nitrogens is 1. The molecule has 0 aliphatic carbocycles. The molecular weight excluding hydrogens is 208 g/mol. The lowest BCUT2D eigenvalue weighted by Gasteiger charge is -2.07. The van der Waals surface area contributed by atoms with Crippen molar-refractivity contribution in [1.29, 1.82) is 0 Å². The van der Waals surface area contributed by atoms with Crippen molar-refractivity contribution in [1.82, 2.24) is 4.98 Å². The summed E-state index contributed by atoms with van der Waals surface area (Å²) in [7, 11) is 0. The van der Waals surface area contributed by atoms with Gasteiger partial charge in [0.05, 0.1) is 0 Å². The number of rotatable bonds is 3. The summed E-state index contributed by atoms with van der Waals surface area (Å²) in [6.45, 7) is 9.50. The van der Waals surface area contributed by atoms with Crippen LogP contribution in [0.25, 0.3) is 10.9 Å². The van der Waals surface area contributed by atoms with Gasteiger partial charge in [-0.2, -0.15) is 0 Å². The minimum Gasteiger partial charge on any atom is -0.358 e. The zero-order valence-corrected chi connectivity index (χ0v) is 11.2. The van der Waals surface area contributed by atoms with Gasteiger partial charge in [-0.25, -0.2) is 0 Å². The van der Waals surface area contributed by atoms with Gasteiger partial charge in [-0.15, -0.1) is 0 Å². The highest BCUT2D eigenvalue weighted by Crippen LogP contribution is 2.31. The fraction of sp³-hybridized carbons (Fsp3) is 0.467. The van der Waals surface area contributed by atoms with Crippen LogP contribution in [0.5, 0.6) is 0 Å². The fourth-order valence-electron chi connectivity index (χ4n) is 2.72. The van der Waals surface area contributed by atoms with Gasteiger partial charge in [0, 0.05) is 16.6 Å². The molecule has 0 unspecified atom stereocenters. The summed E-state index contributed by atoms with van der Waals surface area (Å²) >= 11 is 0. The van der Waals surface area contributed by atoms with Crippen molar-refractivity contribution >= 4 is 10.9 Å². The number of fused-ring (bicyclic) bond motifs is 1. The molecule has 0 fully saturated rings. The molecular formula is C15H22N2. The molecule has 0 atom stereocenters. The summed E-state index contributed by atoms with van der Waals surface area (Å²) in [6, 6.07) is 4.48. The number of aromatic amines is 1. The monoisotopic (exact) mass is 230 g/mol. The molecule has 0 bridgehead atoms. The van der Waals surface area contributed by atoms with Crippen molar-refractivity contribution in [3.8, 4) is 0 Å². The van der Waals surface area contributed by atoms with Crippen molar-refractivity contribution in [3.63, 3.8) is 0 Å². The lowest BCUT2D eigenvalue weighted by atomic mass is 9.98. The van der Waals surface area contributed by atoms with E-state index >= 15 is 0 Å². The molecule has 0 amide bonds. The molecule has 0 saturated heterocycles. The van der Waals surface area contributed by atoms with Crippen LogP contribution in [0, 0.1) is 13.8 Å². The van der Waals surface area contributed by atoms with Crippen molar-refractivity contribution < 1.29 is 0 Å². The number of nitrogens with one attached hydrogen (secondary N) is 1. The van der Waals surface area contributed by atoms with Crippen LogP contribution in [0.2, 0.25) is 0 Å². The first kappa shape index (κ1) is 12.2. The molecule has 2 rings (SSSR count). The van der Waals surface area contributed by atoms with Gasteiger partial charge in [0.2, 0.25) is 0 Å². The van der Waals surface area contributed by atoms with E-state index in [0.717, 1.165) is 6.42 Å². The Morgan fingerprint density at radius 2 is 1.94 bits per heavy atom. The van der Waals surface area contributed by atoms with Crippen molar-refractivity contribution in [2.75, 3.05) is 6.54 Å². The average Bonchev–Trinajstić information content (AvgIpc) is 2.57. The zero-order valence-electron chi connectivity index (χ0n) is 11.2. The maximum atomic E-state index is 5.75. The molecule has 2 aromatic rings. The topological polar surface area (TPSA) is 41.8 Å². The minimum absolute atomic E-state index is 0.517. The van der Waals surface area contributed by atoms with Crippen LogP contribution in [-0.2, 0) is 6.42 Å². The first-order valence-electron chi connectivity index (χ1n) is 6.36. The number of benzene rings is 1. The molecule has 92 valence electrons. The predicted octanol–water partition coefficient (Wildman–Crippen LogP) is 3.41. The summed E-state index contributed by atoms with van der Waals surface area (Å²) in [5.41, 5.74) is 12.4. The second-order valence-electron chi connectivity index (χ2n) is 5.21. The Balaban J connectivity index is 2.75. The summed E-state index contributed by atoms with van der Waals surface area (Å²) in [4.78, 5) is 3.57. The molecule has 0 saturated carbocycles. The molecule has 2 heteroatoms. The highest BCUT2D eigenvalue weighted by atomic mass is 14.7. The predicted molar refractivity (Wildman–Crippen MR) is 74.6 cm³/mol. The Morgan fingerprint density at radius 1 is 1.24 bits per heavy atom. The number of aryl methyl sites for hydroxylation is 2. The van der Waals surface area contributed by atoms with Gasteiger partial charge in [-0.1, -0.05) is 19.9 Å². The van der Waals surface area contributed by atoms with E-state index in [0.29, 0.717) is 12.5 Å². The van der Waals surface area contributed by atoms with E-state index in [1.807, 2.05) is 0 Å². The second kappa shape index (κ2) is 4.53. The summed E-state index contributed by atoms with van der Waals surface area (Å²) in [5.74, 6) is 0.517. The standard InChI is InChI=1S/C15H22N2/c1-9(2)15-12(5-6-16)14-11(4)7-10(3)8-13(14)17-15/h7-9,17H,5-6,16H2,1-4H3. The van der Waals surface area contributed by atoms with Crippen LogP contribution >= 0.6 is 0 Å². The second-order valence-corrected chi connectivity index (χ2v) is 5.21. The number of hydrogen-bond donors (Lipinski definition) is 2. The van der Waals surface area contributed by atoms with Crippen molar-refractivity contribution in [2.24, 2.45) is 5.73 Å². The van der Waals surface area contributed by atoms with E-state index in [1.165, 1.54) is 33.3 Å². The maximum absolute atomic E-state index is 5.75. The largest absolute Gasteiger partial charge is 0.358 e. The number of H-pyrrole nitrogens is 1. The quantitative estimate of drug-likeness (QED) is 0.833. The fourth-order valence-corrected chi connectivity index (χ4v) is 2.72. The van der Waals surface area contributed by atoms with Gasteiger partial charge < -0.3 is 10.7 Å².